The average Bonchev–Trinajstić information content (AvgIpc) is 3.55. The van der Waals surface area contributed by atoms with Crippen LogP contribution in [0.4, 0.5) is 8.78 Å². The fourth-order valence-corrected chi connectivity index (χ4v) is 6.86. The van der Waals surface area contributed by atoms with Crippen molar-refractivity contribution < 1.29 is 8.78 Å². The Morgan fingerprint density at radius 3 is 1.58 bits per heavy atom. The third-order valence-electron chi connectivity index (χ3n) is 9.71. The summed E-state index contributed by atoms with van der Waals surface area (Å²) < 4.78 is 29.7. The first kappa shape index (κ1) is 39.2. The van der Waals surface area contributed by atoms with E-state index in [2.05, 4.69) is 62.3 Å². The molecule has 0 bridgehead atoms. The van der Waals surface area contributed by atoms with Gasteiger partial charge in [-0.3, -0.25) is 18.7 Å². The molecule has 8 nitrogen and oxygen atoms in total. The van der Waals surface area contributed by atoms with Crippen molar-refractivity contribution in [3.05, 3.63) is 150 Å². The number of aromatic nitrogens is 4. The Morgan fingerprint density at radius 1 is 0.618 bits per heavy atom. The lowest BCUT2D eigenvalue weighted by Gasteiger charge is -2.15. The number of terminal acetylenes is 1. The highest BCUT2D eigenvalue weighted by molar-refractivity contribution is 9.10. The Labute approximate surface area is 327 Å². The highest BCUT2D eigenvalue weighted by atomic mass is 79.9. The second-order valence-electron chi connectivity index (χ2n) is 13.1. The van der Waals surface area contributed by atoms with Crippen LogP contribution in [-0.2, 0) is 25.9 Å². The predicted octanol–water partition coefficient (Wildman–Crippen LogP) is 6.66. The van der Waals surface area contributed by atoms with Crippen molar-refractivity contribution in [2.24, 2.45) is 0 Å². The van der Waals surface area contributed by atoms with Crippen molar-refractivity contribution in [2.45, 2.75) is 39.8 Å². The molecule has 0 atom stereocenters. The molecule has 0 fully saturated rings. The second kappa shape index (κ2) is 18.2. The first-order chi connectivity index (χ1) is 26.6. The Kier molecular flexibility index (Phi) is 13.0. The molecule has 8 rings (SSSR count). The fraction of sp³-hybridized carbons (Fsp3) is 0.273. The summed E-state index contributed by atoms with van der Waals surface area (Å²) in [6.45, 7) is 11.4. The van der Waals surface area contributed by atoms with Gasteiger partial charge in [-0.15, -0.1) is 6.42 Å². The van der Waals surface area contributed by atoms with Crippen LogP contribution in [0, 0.1) is 35.8 Å². The quantitative estimate of drug-likeness (QED) is 0.183. The van der Waals surface area contributed by atoms with Crippen LogP contribution in [0.3, 0.4) is 0 Å². The van der Waals surface area contributed by atoms with Crippen LogP contribution in [0.2, 0.25) is 0 Å². The van der Waals surface area contributed by atoms with Crippen molar-refractivity contribution >= 4 is 37.7 Å². The number of fused-ring (bicyclic) bond motifs is 4. The summed E-state index contributed by atoms with van der Waals surface area (Å²) in [6, 6.07) is 23.0. The Hall–Kier alpha value is -5.46. The molecule has 4 aromatic carbocycles. The number of likely N-dealkylation sites (N-methyl/N-ethyl adjacent to an activating group) is 2. The van der Waals surface area contributed by atoms with Crippen LogP contribution in [0.25, 0.3) is 21.8 Å². The lowest BCUT2D eigenvalue weighted by molar-refractivity contribution is 0.294. The summed E-state index contributed by atoms with van der Waals surface area (Å²) in [5, 5.41) is 1.33. The molecule has 0 radical (unpaired) electrons. The lowest BCUT2D eigenvalue weighted by atomic mass is 10.1. The molecular weight excluding hydrogens is 762 g/mol. The van der Waals surface area contributed by atoms with Gasteiger partial charge >= 0.3 is 0 Å². The molecule has 2 aliphatic rings. The molecule has 0 aliphatic carbocycles. The van der Waals surface area contributed by atoms with Crippen molar-refractivity contribution in [1.82, 2.24) is 28.9 Å². The zero-order valence-corrected chi connectivity index (χ0v) is 32.5. The minimum absolute atomic E-state index is 0.0194. The van der Waals surface area contributed by atoms with E-state index in [0.29, 0.717) is 28.4 Å². The van der Waals surface area contributed by atoms with Gasteiger partial charge in [0.2, 0.25) is 0 Å². The molecule has 2 aromatic heterocycles. The fourth-order valence-electron chi connectivity index (χ4n) is 6.51. The molecule has 11 heteroatoms. The minimum atomic E-state index is -0.279. The van der Waals surface area contributed by atoms with Gasteiger partial charge in [0, 0.05) is 73.3 Å². The summed E-state index contributed by atoms with van der Waals surface area (Å²) in [6.07, 6.45) is 6.63. The predicted molar refractivity (Wildman–Crippen MR) is 218 cm³/mol. The van der Waals surface area contributed by atoms with Crippen LogP contribution in [0.15, 0.2) is 99.0 Å². The molecule has 0 unspecified atom stereocenters. The number of hydrogen-bond acceptors (Lipinski definition) is 6. The van der Waals surface area contributed by atoms with Gasteiger partial charge in [-0.25, -0.2) is 18.7 Å². The van der Waals surface area contributed by atoms with Crippen LogP contribution >= 0.6 is 15.9 Å². The molecule has 55 heavy (non-hydrogen) atoms. The van der Waals surface area contributed by atoms with Crippen molar-refractivity contribution in [3.8, 4) is 24.2 Å². The van der Waals surface area contributed by atoms with Gasteiger partial charge in [0.15, 0.2) is 0 Å². The molecule has 0 N–H and O–H groups in total. The van der Waals surface area contributed by atoms with Gasteiger partial charge in [-0.1, -0.05) is 47.5 Å². The molecule has 6 aromatic rings. The SMILES string of the molecule is C#Cc1ccc(F)cc1.CCN1CCc2nc3cc(Br)ccc3c(=O)n2CC1.CCN1CCc2nc3cc(C#Cc4ccc(F)cc4)ccc3c(=O)n2CC1. The summed E-state index contributed by atoms with van der Waals surface area (Å²) in [4.78, 5) is 39.5. The third-order valence-corrected chi connectivity index (χ3v) is 10.2. The topological polar surface area (TPSA) is 76.3 Å². The Bertz CT molecular complexity index is 2530. The summed E-state index contributed by atoms with van der Waals surface area (Å²) >= 11 is 3.43. The number of benzene rings is 4. The van der Waals surface area contributed by atoms with E-state index < -0.39 is 0 Å². The van der Waals surface area contributed by atoms with E-state index >= 15 is 0 Å². The highest BCUT2D eigenvalue weighted by Gasteiger charge is 2.18. The Balaban J connectivity index is 0.000000159. The first-order valence-corrected chi connectivity index (χ1v) is 19.1. The van der Waals surface area contributed by atoms with E-state index in [9.17, 15) is 18.4 Å². The largest absolute Gasteiger partial charge is 0.301 e. The molecular formula is C44H41BrF2N6O2. The van der Waals surface area contributed by atoms with E-state index in [1.165, 1.54) is 24.3 Å². The zero-order chi connectivity index (χ0) is 38.9. The zero-order valence-electron chi connectivity index (χ0n) is 30.9. The maximum absolute atomic E-state index is 13.0. The van der Waals surface area contributed by atoms with Crippen molar-refractivity contribution in [1.29, 1.82) is 0 Å². The van der Waals surface area contributed by atoms with E-state index in [1.54, 1.807) is 30.3 Å². The Morgan fingerprint density at radius 2 is 1.07 bits per heavy atom. The van der Waals surface area contributed by atoms with Gasteiger partial charge in [0.1, 0.15) is 23.3 Å². The molecule has 0 saturated carbocycles. The summed E-state index contributed by atoms with van der Waals surface area (Å²) in [5.41, 5.74) is 3.81. The normalized spacial score (nSPS) is 14.0. The maximum Gasteiger partial charge on any atom is 0.261 e. The molecule has 280 valence electrons. The second-order valence-corrected chi connectivity index (χ2v) is 14.1. The standard InChI is InChI=1S/C22H20FN3O.C14H16BrN3O.C8H5F/c1-2-25-12-11-21-24-20-15-17(4-3-16-5-8-18(23)9-6-16)7-10-19(20)22(27)26(21)14-13-25;1-2-17-6-5-13-16-12-9-10(15)3-4-11(12)14(19)18(13)8-7-17;1-2-7-3-5-8(9)6-4-7/h5-10,15H,2,11-14H2,1H3;3-4,9H,2,5-8H2,1H3;1,3-6H. The van der Waals surface area contributed by atoms with E-state index in [0.717, 1.165) is 91.4 Å². The molecule has 2 aliphatic heterocycles. The van der Waals surface area contributed by atoms with Crippen LogP contribution < -0.4 is 11.1 Å². The maximum atomic E-state index is 13.0. The number of nitrogens with zero attached hydrogens (tertiary/aromatic N) is 6. The summed E-state index contributed by atoms with van der Waals surface area (Å²) in [5.74, 6) is 9.69. The van der Waals surface area contributed by atoms with Crippen molar-refractivity contribution in [3.63, 3.8) is 0 Å². The van der Waals surface area contributed by atoms with Gasteiger partial charge < -0.3 is 9.80 Å². The molecule has 0 amide bonds. The number of rotatable bonds is 2. The van der Waals surface area contributed by atoms with E-state index in [-0.39, 0.29) is 22.8 Å². The van der Waals surface area contributed by atoms with Crippen LogP contribution in [0.5, 0.6) is 0 Å². The number of hydrogen-bond donors (Lipinski definition) is 0. The van der Waals surface area contributed by atoms with Gasteiger partial charge in [-0.2, -0.15) is 0 Å². The van der Waals surface area contributed by atoms with Crippen LogP contribution in [-0.4, -0.2) is 68.2 Å². The minimum Gasteiger partial charge on any atom is -0.301 e. The van der Waals surface area contributed by atoms with Gasteiger partial charge in [-0.05, 0) is 98.0 Å². The number of halogens is 3. The average molecular weight is 804 g/mol. The molecule has 0 saturated heterocycles. The highest BCUT2D eigenvalue weighted by Crippen LogP contribution is 2.18. The monoisotopic (exact) mass is 802 g/mol. The molecule has 4 heterocycles. The van der Waals surface area contributed by atoms with E-state index in [1.807, 2.05) is 39.5 Å². The molecule has 0 spiro atoms. The van der Waals surface area contributed by atoms with Crippen LogP contribution in [0.1, 0.15) is 42.2 Å². The van der Waals surface area contributed by atoms with Gasteiger partial charge in [0.25, 0.3) is 11.1 Å². The van der Waals surface area contributed by atoms with Crippen molar-refractivity contribution in [2.75, 3.05) is 39.3 Å². The van der Waals surface area contributed by atoms with Gasteiger partial charge in [0.05, 0.1) is 21.8 Å². The first-order valence-electron chi connectivity index (χ1n) is 18.3. The smallest absolute Gasteiger partial charge is 0.261 e. The lowest BCUT2D eigenvalue weighted by Crippen LogP contribution is -2.28. The third kappa shape index (κ3) is 9.81. The van der Waals surface area contributed by atoms with E-state index in [4.69, 9.17) is 11.4 Å². The summed E-state index contributed by atoms with van der Waals surface area (Å²) in [7, 11) is 0.